The zero-order chi connectivity index (χ0) is 24.4. The van der Waals surface area contributed by atoms with Crippen molar-refractivity contribution in [2.24, 2.45) is 5.92 Å². The first kappa shape index (κ1) is 23.8. The van der Waals surface area contributed by atoms with E-state index in [1.54, 1.807) is 26.9 Å². The Morgan fingerprint density at radius 2 is 1.71 bits per heavy atom. The Morgan fingerprint density at radius 1 is 1.03 bits per heavy atom. The number of piperazine rings is 1. The van der Waals surface area contributed by atoms with Gasteiger partial charge in [0.2, 0.25) is 11.8 Å². The van der Waals surface area contributed by atoms with Crippen molar-refractivity contribution in [3.05, 3.63) is 71.3 Å². The van der Waals surface area contributed by atoms with Gasteiger partial charge in [-0.25, -0.2) is 14.8 Å². The molecule has 180 valence electrons. The number of rotatable bonds is 5. The van der Waals surface area contributed by atoms with Crippen LogP contribution in [0.3, 0.4) is 0 Å². The number of hydrogen-bond acceptors (Lipinski definition) is 4. The molecule has 0 bridgehead atoms. The number of likely N-dealkylation sites (N-methyl/N-ethyl adjacent to an activating group) is 1. The van der Waals surface area contributed by atoms with Crippen molar-refractivity contribution in [1.82, 2.24) is 25.1 Å². The van der Waals surface area contributed by atoms with E-state index in [1.807, 2.05) is 75.4 Å². The molecule has 0 aromatic heterocycles. The van der Waals surface area contributed by atoms with Crippen LogP contribution in [0.2, 0.25) is 0 Å². The van der Waals surface area contributed by atoms with Crippen LogP contribution in [-0.4, -0.2) is 70.0 Å². The molecular weight excluding hydrogens is 430 g/mol. The van der Waals surface area contributed by atoms with Gasteiger partial charge in [-0.05, 0) is 24.0 Å². The summed E-state index contributed by atoms with van der Waals surface area (Å²) in [7, 11) is 1.74. The average molecular weight is 464 g/mol. The van der Waals surface area contributed by atoms with E-state index in [4.69, 9.17) is 0 Å². The number of carbonyl (C=O) groups is 3. The molecule has 2 aliphatic rings. The van der Waals surface area contributed by atoms with E-state index >= 15 is 0 Å². The summed E-state index contributed by atoms with van der Waals surface area (Å²) in [5.41, 5.74) is 3.16. The summed E-state index contributed by atoms with van der Waals surface area (Å²) in [6.45, 7) is 7.03. The number of nitrogens with one attached hydrogen (secondary N) is 1. The summed E-state index contributed by atoms with van der Waals surface area (Å²) in [5.74, 6) is -0.298. The summed E-state index contributed by atoms with van der Waals surface area (Å²) >= 11 is 0. The molecule has 2 atom stereocenters. The standard InChI is InChI=1S/C26H33N5O3/c1-18(2)24-25(33)29(15-21-12-10-19(3)11-13-21)16-22-30(24)23(32)17-28(4)31(22)26(34)27-14-20-8-6-5-7-9-20/h5-13,18,22,24H,14-17H2,1-4H3,(H,27,34)/t22-,24-/m0/s1. The maximum atomic E-state index is 13.5. The van der Waals surface area contributed by atoms with Crippen molar-refractivity contribution in [3.8, 4) is 0 Å². The Kier molecular flexibility index (Phi) is 6.88. The predicted octanol–water partition coefficient (Wildman–Crippen LogP) is 2.59. The third-order valence-electron chi connectivity index (χ3n) is 6.49. The number of carbonyl (C=O) groups excluding carboxylic acids is 3. The molecule has 0 saturated carbocycles. The lowest BCUT2D eigenvalue weighted by atomic mass is 9.96. The first-order valence-corrected chi connectivity index (χ1v) is 11.7. The Bertz CT molecular complexity index is 1040. The van der Waals surface area contributed by atoms with Gasteiger partial charge in [0.1, 0.15) is 12.2 Å². The summed E-state index contributed by atoms with van der Waals surface area (Å²) in [6, 6.07) is 16.9. The molecule has 0 spiro atoms. The highest BCUT2D eigenvalue weighted by atomic mass is 16.2. The second-order valence-corrected chi connectivity index (χ2v) is 9.48. The molecule has 2 aromatic rings. The highest BCUT2D eigenvalue weighted by Gasteiger charge is 2.51. The Hall–Kier alpha value is -3.39. The molecule has 0 radical (unpaired) electrons. The minimum absolute atomic E-state index is 0.0454. The maximum Gasteiger partial charge on any atom is 0.334 e. The minimum atomic E-state index is -0.616. The second kappa shape index (κ2) is 9.85. The molecule has 8 nitrogen and oxygen atoms in total. The predicted molar refractivity (Wildman–Crippen MR) is 129 cm³/mol. The van der Waals surface area contributed by atoms with Crippen LogP contribution in [-0.2, 0) is 22.7 Å². The largest absolute Gasteiger partial charge is 0.334 e. The van der Waals surface area contributed by atoms with Gasteiger partial charge < -0.3 is 15.1 Å². The van der Waals surface area contributed by atoms with Crippen LogP contribution in [0, 0.1) is 12.8 Å². The van der Waals surface area contributed by atoms with Crippen LogP contribution in [0.15, 0.2) is 54.6 Å². The van der Waals surface area contributed by atoms with Gasteiger partial charge in [-0.15, -0.1) is 0 Å². The van der Waals surface area contributed by atoms with Gasteiger partial charge in [0.05, 0.1) is 13.1 Å². The quantitative estimate of drug-likeness (QED) is 0.740. The van der Waals surface area contributed by atoms with E-state index in [2.05, 4.69) is 5.32 Å². The van der Waals surface area contributed by atoms with Gasteiger partial charge >= 0.3 is 6.03 Å². The number of nitrogens with zero attached hydrogens (tertiary/aromatic N) is 4. The van der Waals surface area contributed by atoms with Crippen LogP contribution in [0.25, 0.3) is 0 Å². The zero-order valence-electron chi connectivity index (χ0n) is 20.3. The van der Waals surface area contributed by atoms with Crippen LogP contribution in [0.4, 0.5) is 4.79 Å². The van der Waals surface area contributed by atoms with Crippen molar-refractivity contribution < 1.29 is 14.4 Å². The van der Waals surface area contributed by atoms with Crippen LogP contribution >= 0.6 is 0 Å². The van der Waals surface area contributed by atoms with E-state index in [9.17, 15) is 14.4 Å². The van der Waals surface area contributed by atoms with Crippen molar-refractivity contribution in [3.63, 3.8) is 0 Å². The Labute approximate surface area is 201 Å². The Balaban J connectivity index is 1.60. The molecule has 1 N–H and O–H groups in total. The van der Waals surface area contributed by atoms with Gasteiger partial charge in [-0.3, -0.25) is 9.59 Å². The topological polar surface area (TPSA) is 76.2 Å². The van der Waals surface area contributed by atoms with Gasteiger partial charge in [0.15, 0.2) is 0 Å². The van der Waals surface area contributed by atoms with E-state index in [0.29, 0.717) is 13.1 Å². The molecule has 8 heteroatoms. The fraction of sp³-hybridized carbons (Fsp3) is 0.423. The number of amides is 4. The number of hydrazine groups is 1. The summed E-state index contributed by atoms with van der Waals surface area (Å²) in [4.78, 5) is 43.4. The molecule has 0 unspecified atom stereocenters. The number of benzene rings is 2. The zero-order valence-corrected chi connectivity index (χ0v) is 20.3. The third-order valence-corrected chi connectivity index (χ3v) is 6.49. The van der Waals surface area contributed by atoms with Gasteiger partial charge in [-0.1, -0.05) is 74.0 Å². The Morgan fingerprint density at radius 3 is 2.35 bits per heavy atom. The van der Waals surface area contributed by atoms with Crippen LogP contribution < -0.4 is 5.32 Å². The molecule has 2 saturated heterocycles. The lowest BCUT2D eigenvalue weighted by Gasteiger charge is -2.55. The smallest absolute Gasteiger partial charge is 0.333 e. The first-order chi connectivity index (χ1) is 16.3. The molecule has 2 aromatic carbocycles. The van der Waals surface area contributed by atoms with Gasteiger partial charge in [0, 0.05) is 20.1 Å². The summed E-state index contributed by atoms with van der Waals surface area (Å²) in [6.07, 6.45) is -0.572. The van der Waals surface area contributed by atoms with E-state index < -0.39 is 12.2 Å². The monoisotopic (exact) mass is 463 g/mol. The molecule has 2 heterocycles. The van der Waals surface area contributed by atoms with Crippen molar-refractivity contribution in [2.45, 2.75) is 46.1 Å². The highest BCUT2D eigenvalue weighted by molar-refractivity contribution is 5.91. The number of urea groups is 1. The molecule has 0 aliphatic carbocycles. The van der Waals surface area contributed by atoms with Crippen LogP contribution in [0.5, 0.6) is 0 Å². The molecule has 4 amide bonds. The SMILES string of the molecule is Cc1ccc(CN2C[C@H]3N(C(=O)CN(C)N3C(=O)NCc3ccccc3)[C@@H](C(C)C)C2=O)cc1. The fourth-order valence-corrected chi connectivity index (χ4v) is 4.77. The van der Waals surface area contributed by atoms with Crippen LogP contribution in [0.1, 0.15) is 30.5 Å². The van der Waals surface area contributed by atoms with Gasteiger partial charge in [-0.2, -0.15) is 0 Å². The van der Waals surface area contributed by atoms with Crippen molar-refractivity contribution in [1.29, 1.82) is 0 Å². The van der Waals surface area contributed by atoms with Crippen molar-refractivity contribution >= 4 is 17.8 Å². The summed E-state index contributed by atoms with van der Waals surface area (Å²) < 4.78 is 0. The number of aryl methyl sites for hydroxylation is 1. The number of fused-ring (bicyclic) bond motifs is 1. The third kappa shape index (κ3) is 4.77. The van der Waals surface area contributed by atoms with E-state index in [-0.39, 0.29) is 36.9 Å². The second-order valence-electron chi connectivity index (χ2n) is 9.48. The fourth-order valence-electron chi connectivity index (χ4n) is 4.77. The van der Waals surface area contributed by atoms with E-state index in [0.717, 1.165) is 16.7 Å². The first-order valence-electron chi connectivity index (χ1n) is 11.7. The van der Waals surface area contributed by atoms with Crippen molar-refractivity contribution in [2.75, 3.05) is 20.1 Å². The normalized spacial score (nSPS) is 21.1. The average Bonchev–Trinajstić information content (AvgIpc) is 2.80. The molecule has 2 fully saturated rings. The van der Waals surface area contributed by atoms with Gasteiger partial charge in [0.25, 0.3) is 0 Å². The maximum absolute atomic E-state index is 13.5. The lowest BCUT2D eigenvalue weighted by molar-refractivity contribution is -0.190. The molecule has 2 aliphatic heterocycles. The lowest BCUT2D eigenvalue weighted by Crippen LogP contribution is -2.76. The number of hydrogen-bond donors (Lipinski definition) is 1. The summed E-state index contributed by atoms with van der Waals surface area (Å²) in [5, 5.41) is 6.22. The molecular formula is C26H33N5O3. The van der Waals surface area contributed by atoms with E-state index in [1.165, 1.54) is 0 Å². The minimum Gasteiger partial charge on any atom is -0.333 e. The molecule has 4 rings (SSSR count). The molecule has 34 heavy (non-hydrogen) atoms. The highest BCUT2D eigenvalue weighted by Crippen LogP contribution is 2.30.